The summed E-state index contributed by atoms with van der Waals surface area (Å²) in [7, 11) is 0. The lowest BCUT2D eigenvalue weighted by atomic mass is 10.0. The summed E-state index contributed by atoms with van der Waals surface area (Å²) in [6.07, 6.45) is 3.32. The molecular formula is C18H27N3O2. The van der Waals surface area contributed by atoms with E-state index >= 15 is 0 Å². The fourth-order valence-electron chi connectivity index (χ4n) is 3.51. The molecule has 0 aliphatic carbocycles. The topological polar surface area (TPSA) is 44.8 Å². The number of nitrogens with one attached hydrogen (secondary N) is 1. The van der Waals surface area contributed by atoms with Gasteiger partial charge in [-0.05, 0) is 44.4 Å². The van der Waals surface area contributed by atoms with Gasteiger partial charge in [0.15, 0.2) is 0 Å². The quantitative estimate of drug-likeness (QED) is 0.819. The van der Waals surface area contributed by atoms with Crippen molar-refractivity contribution in [1.29, 1.82) is 0 Å². The molecule has 0 unspecified atom stereocenters. The second kappa shape index (κ2) is 7.68. The summed E-state index contributed by atoms with van der Waals surface area (Å²) in [5.41, 5.74) is 1.19. The molecule has 1 N–H and O–H groups in total. The van der Waals surface area contributed by atoms with Crippen LogP contribution >= 0.6 is 0 Å². The molecule has 2 aliphatic rings. The molecule has 0 radical (unpaired) electrons. The maximum absolute atomic E-state index is 11.8. The minimum atomic E-state index is 0.111. The monoisotopic (exact) mass is 317 g/mol. The van der Waals surface area contributed by atoms with Crippen molar-refractivity contribution in [3.05, 3.63) is 29.8 Å². The lowest BCUT2D eigenvalue weighted by Crippen LogP contribution is -2.49. The predicted octanol–water partition coefficient (Wildman–Crippen LogP) is 2.25. The molecule has 2 amide bonds. The van der Waals surface area contributed by atoms with Crippen molar-refractivity contribution in [2.75, 3.05) is 39.3 Å². The summed E-state index contributed by atoms with van der Waals surface area (Å²) in [6.45, 7) is 7.64. The van der Waals surface area contributed by atoms with Crippen molar-refractivity contribution in [3.8, 4) is 5.75 Å². The van der Waals surface area contributed by atoms with E-state index in [0.29, 0.717) is 6.04 Å². The van der Waals surface area contributed by atoms with E-state index in [9.17, 15) is 4.79 Å². The number of amides is 2. The highest BCUT2D eigenvalue weighted by molar-refractivity contribution is 5.76. The van der Waals surface area contributed by atoms with Gasteiger partial charge in [0.05, 0.1) is 6.61 Å². The number of carbonyl (C=O) groups excluding carboxylic acids is 1. The Balaban J connectivity index is 1.40. The van der Waals surface area contributed by atoms with Crippen molar-refractivity contribution in [3.63, 3.8) is 0 Å². The minimum absolute atomic E-state index is 0.111. The molecule has 1 atom stereocenters. The predicted molar refractivity (Wildman–Crippen MR) is 90.9 cm³/mol. The number of carbonyl (C=O) groups is 1. The molecule has 3 rings (SSSR count). The van der Waals surface area contributed by atoms with Gasteiger partial charge in [-0.3, -0.25) is 0 Å². The number of urea groups is 1. The van der Waals surface area contributed by atoms with E-state index < -0.39 is 0 Å². The fraction of sp³-hybridized carbons (Fsp3) is 0.611. The van der Waals surface area contributed by atoms with Gasteiger partial charge in [0, 0.05) is 32.2 Å². The Labute approximate surface area is 138 Å². The highest BCUT2D eigenvalue weighted by atomic mass is 16.5. The molecule has 5 heteroatoms. The third-order valence-electron chi connectivity index (χ3n) is 4.78. The van der Waals surface area contributed by atoms with Crippen molar-refractivity contribution in [2.45, 2.75) is 32.2 Å². The number of benzene rings is 1. The van der Waals surface area contributed by atoms with Gasteiger partial charge in [-0.25, -0.2) is 4.79 Å². The zero-order valence-electron chi connectivity index (χ0n) is 14.0. The van der Waals surface area contributed by atoms with E-state index in [-0.39, 0.29) is 6.03 Å². The first kappa shape index (κ1) is 16.1. The number of hydrogen-bond acceptors (Lipinski definition) is 3. The lowest BCUT2D eigenvalue weighted by molar-refractivity contribution is 0.121. The molecule has 0 bridgehead atoms. The summed E-state index contributed by atoms with van der Waals surface area (Å²) in [5, 5.41) is 2.91. The maximum Gasteiger partial charge on any atom is 0.317 e. The molecule has 5 nitrogen and oxygen atoms in total. The number of hydrogen-bond donors (Lipinski definition) is 1. The summed E-state index contributed by atoms with van der Waals surface area (Å²) >= 11 is 0. The SMILES string of the molecule is Cc1ccccc1OCCCN1CCC[C@H](N2CCNC2=O)C1. The second-order valence-corrected chi connectivity index (χ2v) is 6.49. The van der Waals surface area contributed by atoms with E-state index in [4.69, 9.17) is 4.74 Å². The van der Waals surface area contributed by atoms with Crippen molar-refractivity contribution < 1.29 is 9.53 Å². The number of para-hydroxylation sites is 1. The minimum Gasteiger partial charge on any atom is -0.493 e. The van der Waals surface area contributed by atoms with Crippen molar-refractivity contribution in [1.82, 2.24) is 15.1 Å². The smallest absolute Gasteiger partial charge is 0.317 e. The van der Waals surface area contributed by atoms with Crippen LogP contribution in [0.4, 0.5) is 4.79 Å². The number of rotatable bonds is 6. The Morgan fingerprint density at radius 3 is 2.96 bits per heavy atom. The Bertz CT molecular complexity index is 535. The fourth-order valence-corrected chi connectivity index (χ4v) is 3.51. The number of nitrogens with zero attached hydrogens (tertiary/aromatic N) is 2. The highest BCUT2D eigenvalue weighted by Crippen LogP contribution is 2.19. The van der Waals surface area contributed by atoms with E-state index in [2.05, 4.69) is 23.2 Å². The van der Waals surface area contributed by atoms with Crippen LogP contribution in [0.1, 0.15) is 24.8 Å². The zero-order valence-corrected chi connectivity index (χ0v) is 14.0. The van der Waals surface area contributed by atoms with Crippen LogP contribution in [0.3, 0.4) is 0 Å². The maximum atomic E-state index is 11.8. The molecule has 1 aromatic rings. The first-order valence-corrected chi connectivity index (χ1v) is 8.69. The third kappa shape index (κ3) is 4.16. The van der Waals surface area contributed by atoms with Crippen LogP contribution < -0.4 is 10.1 Å². The van der Waals surface area contributed by atoms with Crippen LogP contribution in [0.5, 0.6) is 5.75 Å². The number of ether oxygens (including phenoxy) is 1. The van der Waals surface area contributed by atoms with Crippen LogP contribution in [0.25, 0.3) is 0 Å². The molecule has 2 heterocycles. The van der Waals surface area contributed by atoms with Gasteiger partial charge in [0.1, 0.15) is 5.75 Å². The molecule has 0 aromatic heterocycles. The molecule has 23 heavy (non-hydrogen) atoms. The molecule has 1 aromatic carbocycles. The van der Waals surface area contributed by atoms with Crippen LogP contribution in [0, 0.1) is 6.92 Å². The number of piperidine rings is 1. The van der Waals surface area contributed by atoms with Crippen molar-refractivity contribution in [2.24, 2.45) is 0 Å². The number of likely N-dealkylation sites (tertiary alicyclic amines) is 1. The zero-order chi connectivity index (χ0) is 16.1. The van der Waals surface area contributed by atoms with E-state index in [1.807, 2.05) is 23.1 Å². The summed E-state index contributed by atoms with van der Waals surface area (Å²) in [5.74, 6) is 0.984. The van der Waals surface area contributed by atoms with E-state index in [1.165, 1.54) is 12.0 Å². The van der Waals surface area contributed by atoms with Gasteiger partial charge in [-0.1, -0.05) is 18.2 Å². The summed E-state index contributed by atoms with van der Waals surface area (Å²) in [4.78, 5) is 16.3. The normalized spacial score (nSPS) is 22.2. The van der Waals surface area contributed by atoms with Crippen LogP contribution in [-0.2, 0) is 0 Å². The molecular weight excluding hydrogens is 290 g/mol. The molecule has 2 aliphatic heterocycles. The van der Waals surface area contributed by atoms with Crippen LogP contribution in [0.15, 0.2) is 24.3 Å². The lowest BCUT2D eigenvalue weighted by Gasteiger charge is -2.37. The number of aryl methyl sites for hydroxylation is 1. The standard InChI is InChI=1S/C18H27N3O2/c1-15-6-2-3-8-17(15)23-13-5-11-20-10-4-7-16(14-20)21-12-9-19-18(21)22/h2-3,6,8,16H,4-5,7,9-14H2,1H3,(H,19,22)/t16-/m0/s1. The Hall–Kier alpha value is -1.75. The van der Waals surface area contributed by atoms with Gasteiger partial charge in [0.2, 0.25) is 0 Å². The summed E-state index contributed by atoms with van der Waals surface area (Å²) in [6, 6.07) is 8.64. The Morgan fingerprint density at radius 2 is 2.17 bits per heavy atom. The average molecular weight is 317 g/mol. The van der Waals surface area contributed by atoms with Gasteiger partial charge in [-0.2, -0.15) is 0 Å². The molecule has 2 fully saturated rings. The van der Waals surface area contributed by atoms with Gasteiger partial charge in [-0.15, -0.1) is 0 Å². The second-order valence-electron chi connectivity index (χ2n) is 6.49. The average Bonchev–Trinajstić information content (AvgIpc) is 2.99. The first-order valence-electron chi connectivity index (χ1n) is 8.69. The Morgan fingerprint density at radius 1 is 1.30 bits per heavy atom. The van der Waals surface area contributed by atoms with Crippen molar-refractivity contribution >= 4 is 6.03 Å². The van der Waals surface area contributed by atoms with Gasteiger partial charge >= 0.3 is 6.03 Å². The largest absolute Gasteiger partial charge is 0.493 e. The van der Waals surface area contributed by atoms with Gasteiger partial charge in [0.25, 0.3) is 0 Å². The molecule has 0 spiro atoms. The summed E-state index contributed by atoms with van der Waals surface area (Å²) < 4.78 is 5.87. The third-order valence-corrected chi connectivity index (χ3v) is 4.78. The van der Waals surface area contributed by atoms with Crippen LogP contribution in [0.2, 0.25) is 0 Å². The van der Waals surface area contributed by atoms with Crippen LogP contribution in [-0.4, -0.2) is 61.2 Å². The Kier molecular flexibility index (Phi) is 5.39. The molecule has 0 saturated carbocycles. The highest BCUT2D eigenvalue weighted by Gasteiger charge is 2.30. The first-order chi connectivity index (χ1) is 11.2. The van der Waals surface area contributed by atoms with E-state index in [0.717, 1.165) is 57.9 Å². The van der Waals surface area contributed by atoms with E-state index in [1.54, 1.807) is 0 Å². The molecule has 126 valence electrons. The molecule has 2 saturated heterocycles. The van der Waals surface area contributed by atoms with Gasteiger partial charge < -0.3 is 19.9 Å².